The van der Waals surface area contributed by atoms with Crippen LogP contribution in [0.4, 0.5) is 4.79 Å². The Morgan fingerprint density at radius 3 is 2.47 bits per heavy atom. The Hall–Kier alpha value is -0.556. The lowest BCUT2D eigenvalue weighted by molar-refractivity contribution is 0.0702. The fraction of sp³-hybridized carbons (Fsp3) is 0.750. The summed E-state index contributed by atoms with van der Waals surface area (Å²) in [6.45, 7) is 10.9. The molecule has 0 rings (SSSR count). The Labute approximate surface area is 108 Å². The van der Waals surface area contributed by atoms with Gasteiger partial charge in [-0.1, -0.05) is 30.8 Å². The van der Waals surface area contributed by atoms with Crippen LogP contribution in [-0.2, 0) is 9.47 Å². The molecular weight excluding hydrogens is 248 g/mol. The molecule has 0 saturated heterocycles. The molecule has 0 aliphatic rings. The zero-order chi connectivity index (χ0) is 13.3. The lowest BCUT2D eigenvalue weighted by atomic mass is 10.4. The van der Waals surface area contributed by atoms with Crippen molar-refractivity contribution in [3.05, 3.63) is 11.3 Å². The minimum Gasteiger partial charge on any atom is -0.438 e. The van der Waals surface area contributed by atoms with Crippen LogP contribution in [0.3, 0.4) is 0 Å². The van der Waals surface area contributed by atoms with Crippen LogP contribution in [0.15, 0.2) is 11.3 Å². The van der Waals surface area contributed by atoms with Gasteiger partial charge >= 0.3 is 6.16 Å². The van der Waals surface area contributed by atoms with Crippen molar-refractivity contribution >= 4 is 23.7 Å². The topological polar surface area (TPSA) is 35.5 Å². The van der Waals surface area contributed by atoms with Gasteiger partial charge < -0.3 is 9.47 Å². The maximum absolute atomic E-state index is 11.1. The molecule has 0 saturated carbocycles. The van der Waals surface area contributed by atoms with Crippen LogP contribution in [0.25, 0.3) is 0 Å². The summed E-state index contributed by atoms with van der Waals surface area (Å²) in [5.41, 5.74) is 3.67. The van der Waals surface area contributed by atoms with E-state index >= 15 is 0 Å². The first-order valence-corrected chi connectivity index (χ1v) is 10.7. The standard InChI is InChI=1S/C12H24O3Si2/c1-6-14-12(13)15-10-17(4,5)8-7-16-9-11(2)3/h9H,6-8,10H2,1-5H3. The minimum absolute atomic E-state index is 0.378. The van der Waals surface area contributed by atoms with Gasteiger partial charge in [0.05, 0.1) is 30.4 Å². The van der Waals surface area contributed by atoms with Crippen molar-refractivity contribution in [2.24, 2.45) is 0 Å². The predicted octanol–water partition coefficient (Wildman–Crippen LogP) is 3.45. The highest BCUT2D eigenvalue weighted by Crippen LogP contribution is 2.13. The van der Waals surface area contributed by atoms with Gasteiger partial charge in [0.1, 0.15) is 0 Å². The largest absolute Gasteiger partial charge is 0.507 e. The molecule has 98 valence electrons. The van der Waals surface area contributed by atoms with Crippen molar-refractivity contribution in [1.29, 1.82) is 0 Å². The van der Waals surface area contributed by atoms with E-state index in [1.165, 1.54) is 17.7 Å². The molecule has 0 unspecified atom stereocenters. The summed E-state index contributed by atoms with van der Waals surface area (Å²) < 4.78 is 9.86. The van der Waals surface area contributed by atoms with Crippen LogP contribution in [-0.4, -0.2) is 36.6 Å². The molecule has 3 nitrogen and oxygen atoms in total. The predicted molar refractivity (Wildman–Crippen MR) is 75.3 cm³/mol. The number of hydrogen-bond acceptors (Lipinski definition) is 3. The van der Waals surface area contributed by atoms with E-state index in [2.05, 4.69) is 32.6 Å². The summed E-state index contributed by atoms with van der Waals surface area (Å²) in [5, 5.41) is 0. The second-order valence-corrected chi connectivity index (χ2v) is 11.4. The Morgan fingerprint density at radius 1 is 1.29 bits per heavy atom. The molecular formula is C12H24O3Si2. The van der Waals surface area contributed by atoms with Gasteiger partial charge in [-0.2, -0.15) is 0 Å². The average Bonchev–Trinajstić information content (AvgIpc) is 2.22. The molecule has 0 aromatic rings. The van der Waals surface area contributed by atoms with Gasteiger partial charge in [0.15, 0.2) is 0 Å². The number of carbonyl (C=O) groups excluding carboxylic acids is 1. The van der Waals surface area contributed by atoms with Gasteiger partial charge in [-0.25, -0.2) is 4.79 Å². The van der Waals surface area contributed by atoms with Gasteiger partial charge in [-0.05, 0) is 20.8 Å². The van der Waals surface area contributed by atoms with E-state index in [-0.39, 0.29) is 0 Å². The highest BCUT2D eigenvalue weighted by Gasteiger charge is 2.22. The second-order valence-electron chi connectivity index (χ2n) is 5.06. The first-order chi connectivity index (χ1) is 7.87. The van der Waals surface area contributed by atoms with E-state index in [0.717, 1.165) is 9.52 Å². The molecule has 0 amide bonds. The number of rotatable bonds is 7. The summed E-state index contributed by atoms with van der Waals surface area (Å²) in [6.07, 6.45) is 0.0327. The maximum atomic E-state index is 11.1. The molecule has 5 heteroatoms. The number of carbonyl (C=O) groups is 1. The molecule has 0 N–H and O–H groups in total. The molecule has 0 aliphatic heterocycles. The van der Waals surface area contributed by atoms with Crippen LogP contribution >= 0.6 is 0 Å². The molecule has 0 fully saturated rings. The maximum Gasteiger partial charge on any atom is 0.507 e. The highest BCUT2D eigenvalue weighted by atomic mass is 28.3. The molecule has 0 aromatic carbocycles. The summed E-state index contributed by atoms with van der Waals surface area (Å²) in [4.78, 5) is 11.1. The van der Waals surface area contributed by atoms with Crippen molar-refractivity contribution in [3.8, 4) is 0 Å². The van der Waals surface area contributed by atoms with Crippen molar-refractivity contribution in [3.63, 3.8) is 0 Å². The Kier molecular flexibility index (Phi) is 8.24. The van der Waals surface area contributed by atoms with Gasteiger partial charge in [0, 0.05) is 0 Å². The number of allylic oxidation sites excluding steroid dienone is 1. The fourth-order valence-electron chi connectivity index (χ4n) is 1.17. The number of hydrogen-bond donors (Lipinski definition) is 0. The molecule has 2 radical (unpaired) electrons. The first kappa shape index (κ1) is 16.4. The van der Waals surface area contributed by atoms with E-state index in [1.54, 1.807) is 6.92 Å². The highest BCUT2D eigenvalue weighted by molar-refractivity contribution is 6.78. The Bertz CT molecular complexity index is 258. The molecule has 0 atom stereocenters. The van der Waals surface area contributed by atoms with Crippen LogP contribution in [0.1, 0.15) is 20.8 Å². The third-order valence-electron chi connectivity index (χ3n) is 2.18. The second kappa shape index (κ2) is 8.52. The van der Waals surface area contributed by atoms with E-state index in [1.807, 2.05) is 0 Å². The molecule has 0 bridgehead atoms. The first-order valence-electron chi connectivity index (χ1n) is 6.03. The summed E-state index contributed by atoms with van der Waals surface area (Å²) >= 11 is 0. The summed E-state index contributed by atoms with van der Waals surface area (Å²) in [7, 11) is -0.526. The van der Waals surface area contributed by atoms with Gasteiger partial charge in [0.25, 0.3) is 0 Å². The fourth-order valence-corrected chi connectivity index (χ4v) is 5.66. The summed E-state index contributed by atoms with van der Waals surface area (Å²) in [5.74, 6) is 0. The van der Waals surface area contributed by atoms with E-state index in [9.17, 15) is 4.79 Å². The Morgan fingerprint density at radius 2 is 1.94 bits per heavy atom. The number of ether oxygens (including phenoxy) is 2. The average molecular weight is 272 g/mol. The van der Waals surface area contributed by atoms with Crippen molar-refractivity contribution in [1.82, 2.24) is 0 Å². The summed E-state index contributed by atoms with van der Waals surface area (Å²) in [6, 6.07) is 2.39. The molecule has 0 heterocycles. The SMILES string of the molecule is CCOC(=O)OC[Si](C)(C)CC[Si]C=C(C)C. The van der Waals surface area contributed by atoms with Gasteiger partial charge in [0.2, 0.25) is 0 Å². The van der Waals surface area contributed by atoms with Crippen LogP contribution < -0.4 is 0 Å². The van der Waals surface area contributed by atoms with Crippen molar-refractivity contribution < 1.29 is 14.3 Å². The normalized spacial score (nSPS) is 10.9. The van der Waals surface area contributed by atoms with Gasteiger partial charge in [-0.15, -0.1) is 5.70 Å². The van der Waals surface area contributed by atoms with Gasteiger partial charge in [-0.3, -0.25) is 0 Å². The zero-order valence-electron chi connectivity index (χ0n) is 11.6. The van der Waals surface area contributed by atoms with E-state index in [0.29, 0.717) is 12.8 Å². The van der Waals surface area contributed by atoms with Crippen LogP contribution in [0.2, 0.25) is 25.2 Å². The molecule has 0 spiro atoms. The van der Waals surface area contributed by atoms with Crippen LogP contribution in [0.5, 0.6) is 0 Å². The lowest BCUT2D eigenvalue weighted by Crippen LogP contribution is -2.34. The molecule has 17 heavy (non-hydrogen) atoms. The molecule has 0 aliphatic carbocycles. The van der Waals surface area contributed by atoms with E-state index in [4.69, 9.17) is 9.47 Å². The van der Waals surface area contributed by atoms with Crippen LogP contribution in [0, 0.1) is 0 Å². The lowest BCUT2D eigenvalue weighted by Gasteiger charge is -2.20. The zero-order valence-corrected chi connectivity index (χ0v) is 13.6. The third-order valence-corrected chi connectivity index (χ3v) is 6.53. The minimum atomic E-state index is -1.41. The third kappa shape index (κ3) is 10.3. The Balaban J connectivity index is 3.79. The monoisotopic (exact) mass is 272 g/mol. The quantitative estimate of drug-likeness (QED) is 0.404. The molecule has 0 aromatic heterocycles. The van der Waals surface area contributed by atoms with Crippen molar-refractivity contribution in [2.45, 2.75) is 46.0 Å². The van der Waals surface area contributed by atoms with Crippen molar-refractivity contribution in [2.75, 3.05) is 12.8 Å². The smallest absolute Gasteiger partial charge is 0.438 e. The van der Waals surface area contributed by atoms with E-state index < -0.39 is 14.2 Å².